The number of rotatable bonds is 2. The number of aromatic nitrogens is 1. The van der Waals surface area contributed by atoms with Crippen molar-refractivity contribution in [1.29, 1.82) is 0 Å². The molecule has 0 bridgehead atoms. The van der Waals surface area contributed by atoms with Crippen LogP contribution in [0.15, 0.2) is 24.3 Å². The molecule has 0 atom stereocenters. The van der Waals surface area contributed by atoms with Crippen molar-refractivity contribution in [2.24, 2.45) is 0 Å². The lowest BCUT2D eigenvalue weighted by Gasteiger charge is -1.96. The minimum Gasteiger partial charge on any atom is -0.275 e. The second kappa shape index (κ2) is 4.36. The topological polar surface area (TPSA) is 30.0 Å². The number of nitrogens with zero attached hydrogens (tertiary/aromatic N) is 1. The zero-order valence-electron chi connectivity index (χ0n) is 8.95. The van der Waals surface area contributed by atoms with Crippen molar-refractivity contribution < 1.29 is 4.79 Å². The van der Waals surface area contributed by atoms with Crippen molar-refractivity contribution in [2.45, 2.75) is 13.8 Å². The number of hydrogen-bond donors (Lipinski definition) is 0. The second-order valence-corrected chi connectivity index (χ2v) is 4.92. The summed E-state index contributed by atoms with van der Waals surface area (Å²) in [6.07, 6.45) is 0. The molecular weight excluding hydrogens is 242 g/mol. The highest BCUT2D eigenvalue weighted by atomic mass is 35.5. The monoisotopic (exact) mass is 251 g/mol. The fourth-order valence-electron chi connectivity index (χ4n) is 1.40. The summed E-state index contributed by atoms with van der Waals surface area (Å²) in [5.41, 5.74) is 2.91. The highest BCUT2D eigenvalue weighted by molar-refractivity contribution is 7.18. The molecule has 0 aliphatic rings. The van der Waals surface area contributed by atoms with E-state index >= 15 is 0 Å². The van der Waals surface area contributed by atoms with E-state index in [0.717, 1.165) is 10.6 Å². The Morgan fingerprint density at radius 3 is 2.38 bits per heavy atom. The molecule has 0 amide bonds. The highest BCUT2D eigenvalue weighted by Gasteiger charge is 2.13. The van der Waals surface area contributed by atoms with Crippen LogP contribution in [0.4, 0.5) is 0 Å². The van der Waals surface area contributed by atoms with Gasteiger partial charge in [0.2, 0.25) is 0 Å². The lowest BCUT2D eigenvalue weighted by molar-refractivity contribution is 0.108. The van der Waals surface area contributed by atoms with Crippen molar-refractivity contribution >= 4 is 28.2 Å². The van der Waals surface area contributed by atoms with E-state index in [-0.39, 0.29) is 0 Å². The van der Waals surface area contributed by atoms with Gasteiger partial charge in [-0.3, -0.25) is 4.79 Å². The van der Waals surface area contributed by atoms with Gasteiger partial charge in [-0.25, -0.2) is 4.98 Å². The van der Waals surface area contributed by atoms with E-state index < -0.39 is 5.24 Å². The molecule has 16 heavy (non-hydrogen) atoms. The molecule has 0 fully saturated rings. The zero-order valence-corrected chi connectivity index (χ0v) is 10.5. The van der Waals surface area contributed by atoms with Crippen LogP contribution in [0, 0.1) is 13.8 Å². The van der Waals surface area contributed by atoms with Gasteiger partial charge in [-0.1, -0.05) is 29.8 Å². The van der Waals surface area contributed by atoms with Gasteiger partial charge in [-0.15, -0.1) is 11.3 Å². The third kappa shape index (κ3) is 2.15. The van der Waals surface area contributed by atoms with Gasteiger partial charge < -0.3 is 0 Å². The Kier molecular flexibility index (Phi) is 3.08. The molecule has 0 spiro atoms. The molecule has 0 N–H and O–H groups in total. The van der Waals surface area contributed by atoms with Gasteiger partial charge in [0.05, 0.1) is 5.69 Å². The number of halogens is 1. The average Bonchev–Trinajstić information content (AvgIpc) is 2.61. The first kappa shape index (κ1) is 11.3. The number of aryl methyl sites for hydroxylation is 2. The Bertz CT molecular complexity index is 530. The molecular formula is C12H10ClNOS. The number of benzene rings is 1. The third-order valence-electron chi connectivity index (χ3n) is 2.27. The van der Waals surface area contributed by atoms with Gasteiger partial charge in [-0.05, 0) is 25.4 Å². The minimum atomic E-state index is -0.437. The van der Waals surface area contributed by atoms with Crippen molar-refractivity contribution in [3.63, 3.8) is 0 Å². The molecule has 2 aromatic rings. The maximum absolute atomic E-state index is 11.1. The van der Waals surface area contributed by atoms with Crippen molar-refractivity contribution in [1.82, 2.24) is 4.98 Å². The summed E-state index contributed by atoms with van der Waals surface area (Å²) in [6, 6.07) is 8.04. The Labute approximate surface area is 103 Å². The van der Waals surface area contributed by atoms with Gasteiger partial charge in [-0.2, -0.15) is 0 Å². The molecule has 82 valence electrons. The summed E-state index contributed by atoms with van der Waals surface area (Å²) in [6.45, 7) is 3.83. The van der Waals surface area contributed by atoms with E-state index in [1.165, 1.54) is 16.9 Å². The van der Waals surface area contributed by atoms with Gasteiger partial charge in [0.25, 0.3) is 5.24 Å². The van der Waals surface area contributed by atoms with Crippen LogP contribution in [0.2, 0.25) is 0 Å². The largest absolute Gasteiger partial charge is 0.275 e. The summed E-state index contributed by atoms with van der Waals surface area (Å²) in [5, 5.41) is 0.398. The number of carbonyl (C=O) groups is 1. The maximum Gasteiger partial charge on any atom is 0.264 e. The summed E-state index contributed by atoms with van der Waals surface area (Å²) in [7, 11) is 0. The van der Waals surface area contributed by atoms with E-state index in [2.05, 4.69) is 4.98 Å². The fourth-order valence-corrected chi connectivity index (χ4v) is 2.55. The normalized spacial score (nSPS) is 10.4. The Hall–Kier alpha value is -1.19. The predicted molar refractivity (Wildman–Crippen MR) is 67.2 cm³/mol. The molecule has 1 aromatic carbocycles. The Balaban J connectivity index is 2.45. The minimum absolute atomic E-state index is 0.437. The second-order valence-electron chi connectivity index (χ2n) is 3.57. The van der Waals surface area contributed by atoms with E-state index in [0.29, 0.717) is 10.6 Å². The summed E-state index contributed by atoms with van der Waals surface area (Å²) in [4.78, 5) is 16.0. The molecule has 2 nitrogen and oxygen atoms in total. The lowest BCUT2D eigenvalue weighted by Crippen LogP contribution is -1.86. The number of hydrogen-bond acceptors (Lipinski definition) is 3. The van der Waals surface area contributed by atoms with Crippen molar-refractivity contribution in [2.75, 3.05) is 0 Å². The van der Waals surface area contributed by atoms with Gasteiger partial charge in [0, 0.05) is 5.56 Å². The molecule has 0 aliphatic carbocycles. The highest BCUT2D eigenvalue weighted by Crippen LogP contribution is 2.28. The molecule has 0 saturated carbocycles. The SMILES string of the molecule is Cc1ccc(-c2nc(C)c(C(=O)Cl)s2)cc1. The van der Waals surface area contributed by atoms with E-state index in [9.17, 15) is 4.79 Å². The van der Waals surface area contributed by atoms with E-state index in [1.807, 2.05) is 31.2 Å². The summed E-state index contributed by atoms with van der Waals surface area (Å²) < 4.78 is 0. The van der Waals surface area contributed by atoms with Crippen LogP contribution in [0.25, 0.3) is 10.6 Å². The van der Waals surface area contributed by atoms with Crippen LogP contribution < -0.4 is 0 Å². The first-order valence-corrected chi connectivity index (χ1v) is 6.01. The molecule has 0 saturated heterocycles. The Morgan fingerprint density at radius 1 is 1.25 bits per heavy atom. The van der Waals surface area contributed by atoms with Crippen molar-refractivity contribution in [3.8, 4) is 10.6 Å². The van der Waals surface area contributed by atoms with Gasteiger partial charge in [0.15, 0.2) is 0 Å². The molecule has 0 radical (unpaired) electrons. The van der Waals surface area contributed by atoms with Crippen LogP contribution >= 0.6 is 22.9 Å². The quantitative estimate of drug-likeness (QED) is 0.760. The molecule has 2 rings (SSSR count). The Morgan fingerprint density at radius 2 is 1.88 bits per heavy atom. The molecule has 1 aromatic heterocycles. The van der Waals surface area contributed by atoms with Crippen LogP contribution in [0.5, 0.6) is 0 Å². The number of thiazole rings is 1. The van der Waals surface area contributed by atoms with Crippen LogP contribution in [0.3, 0.4) is 0 Å². The number of carbonyl (C=O) groups excluding carboxylic acids is 1. The maximum atomic E-state index is 11.1. The first-order valence-electron chi connectivity index (χ1n) is 4.82. The van der Waals surface area contributed by atoms with E-state index in [1.54, 1.807) is 6.92 Å². The lowest BCUT2D eigenvalue weighted by atomic mass is 10.2. The average molecular weight is 252 g/mol. The molecule has 4 heteroatoms. The first-order chi connectivity index (χ1) is 7.58. The summed E-state index contributed by atoms with van der Waals surface area (Å²) >= 11 is 6.80. The van der Waals surface area contributed by atoms with Gasteiger partial charge in [0.1, 0.15) is 9.88 Å². The van der Waals surface area contributed by atoms with E-state index in [4.69, 9.17) is 11.6 Å². The van der Waals surface area contributed by atoms with Crippen molar-refractivity contribution in [3.05, 3.63) is 40.4 Å². The molecule has 0 aliphatic heterocycles. The standard InChI is InChI=1S/C12H10ClNOS/c1-7-3-5-9(6-4-7)12-14-8(2)10(16-12)11(13)15/h3-6H,1-2H3. The predicted octanol–water partition coefficient (Wildman–Crippen LogP) is 3.81. The summed E-state index contributed by atoms with van der Waals surface area (Å²) in [5.74, 6) is 0. The molecule has 0 unspecified atom stereocenters. The zero-order chi connectivity index (χ0) is 11.7. The van der Waals surface area contributed by atoms with Crippen LogP contribution in [-0.4, -0.2) is 10.2 Å². The molecule has 1 heterocycles. The van der Waals surface area contributed by atoms with Gasteiger partial charge >= 0.3 is 0 Å². The fraction of sp³-hybridized carbons (Fsp3) is 0.167. The van der Waals surface area contributed by atoms with Crippen LogP contribution in [0.1, 0.15) is 20.9 Å². The smallest absolute Gasteiger partial charge is 0.264 e. The van der Waals surface area contributed by atoms with Crippen LogP contribution in [-0.2, 0) is 0 Å². The third-order valence-corrected chi connectivity index (χ3v) is 3.78.